The van der Waals surface area contributed by atoms with Gasteiger partial charge in [0.25, 0.3) is 5.91 Å². The van der Waals surface area contributed by atoms with E-state index in [2.05, 4.69) is 33.2 Å². The lowest BCUT2D eigenvalue weighted by Crippen LogP contribution is -2.29. The first-order valence-corrected chi connectivity index (χ1v) is 7.24. The summed E-state index contributed by atoms with van der Waals surface area (Å²) in [6.45, 7) is 2.74. The molecule has 1 unspecified atom stereocenters. The molecule has 0 spiro atoms. The summed E-state index contributed by atoms with van der Waals surface area (Å²) >= 11 is 3.41. The third kappa shape index (κ3) is 5.12. The number of carbonyl (C=O) groups is 1. The summed E-state index contributed by atoms with van der Waals surface area (Å²) in [5.74, 6) is -0.300. The number of amides is 1. The maximum Gasteiger partial charge on any atom is 0.252 e. The van der Waals surface area contributed by atoms with Gasteiger partial charge in [-0.3, -0.25) is 9.78 Å². The van der Waals surface area contributed by atoms with E-state index in [1.165, 1.54) is 12.3 Å². The van der Waals surface area contributed by atoms with Gasteiger partial charge in [0.1, 0.15) is 5.82 Å². The predicted octanol–water partition coefficient (Wildman–Crippen LogP) is 3.15. The molecule has 1 heterocycles. The van der Waals surface area contributed by atoms with E-state index in [0.29, 0.717) is 12.5 Å². The number of alkyl halides is 1. The molecule has 0 saturated heterocycles. The fourth-order valence-corrected chi connectivity index (χ4v) is 2.43. The van der Waals surface area contributed by atoms with Crippen LogP contribution >= 0.6 is 15.9 Å². The van der Waals surface area contributed by atoms with Crippen molar-refractivity contribution in [2.45, 2.75) is 26.2 Å². The topological polar surface area (TPSA) is 42.0 Å². The van der Waals surface area contributed by atoms with Crippen molar-refractivity contribution in [1.29, 1.82) is 0 Å². The number of halogens is 2. The molecule has 0 radical (unpaired) electrons. The third-order valence-electron chi connectivity index (χ3n) is 2.73. The van der Waals surface area contributed by atoms with Crippen molar-refractivity contribution in [1.82, 2.24) is 10.3 Å². The molecule has 100 valence electrons. The summed E-state index contributed by atoms with van der Waals surface area (Å²) in [6, 6.07) is 1.20. The Morgan fingerprint density at radius 2 is 2.28 bits per heavy atom. The van der Waals surface area contributed by atoms with E-state index in [1.807, 2.05) is 0 Å². The second kappa shape index (κ2) is 8.19. The summed E-state index contributed by atoms with van der Waals surface area (Å²) in [6.07, 6.45) is 5.65. The molecule has 1 N–H and O–H groups in total. The monoisotopic (exact) mass is 316 g/mol. The van der Waals surface area contributed by atoms with Crippen LogP contribution in [0, 0.1) is 11.7 Å². The maximum absolute atomic E-state index is 12.9. The van der Waals surface area contributed by atoms with E-state index in [0.717, 1.165) is 30.8 Å². The van der Waals surface area contributed by atoms with E-state index >= 15 is 0 Å². The molecule has 1 aromatic rings. The smallest absolute Gasteiger partial charge is 0.252 e. The van der Waals surface area contributed by atoms with Crippen molar-refractivity contribution in [3.8, 4) is 0 Å². The summed E-state index contributed by atoms with van der Waals surface area (Å²) in [4.78, 5) is 15.4. The first kappa shape index (κ1) is 15.1. The Kier molecular flexibility index (Phi) is 6.86. The van der Waals surface area contributed by atoms with Crippen LogP contribution in [0.5, 0.6) is 0 Å². The molecule has 1 atom stereocenters. The predicted molar refractivity (Wildman–Crippen MR) is 73.3 cm³/mol. The Morgan fingerprint density at radius 1 is 1.50 bits per heavy atom. The van der Waals surface area contributed by atoms with Gasteiger partial charge in [-0.1, -0.05) is 29.3 Å². The van der Waals surface area contributed by atoms with Crippen LogP contribution in [0.1, 0.15) is 36.5 Å². The average molecular weight is 317 g/mol. The summed E-state index contributed by atoms with van der Waals surface area (Å²) in [5.41, 5.74) is 0.268. The zero-order chi connectivity index (χ0) is 13.4. The molecule has 1 aromatic heterocycles. The Labute approximate surface area is 115 Å². The lowest BCUT2D eigenvalue weighted by atomic mass is 10.0. The molecule has 0 aliphatic carbocycles. The summed E-state index contributed by atoms with van der Waals surface area (Å²) in [5, 5.41) is 3.76. The van der Waals surface area contributed by atoms with Crippen LogP contribution in [0.4, 0.5) is 4.39 Å². The Bertz CT molecular complexity index is 381. The quantitative estimate of drug-likeness (QED) is 0.785. The second-order valence-corrected chi connectivity index (χ2v) is 5.03. The van der Waals surface area contributed by atoms with Crippen molar-refractivity contribution >= 4 is 21.8 Å². The molecule has 0 saturated carbocycles. The van der Waals surface area contributed by atoms with Crippen LogP contribution in [0.3, 0.4) is 0 Å². The molecule has 3 nitrogen and oxygen atoms in total. The van der Waals surface area contributed by atoms with Crippen molar-refractivity contribution in [3.05, 3.63) is 29.8 Å². The van der Waals surface area contributed by atoms with Crippen LogP contribution in [0.15, 0.2) is 18.5 Å². The summed E-state index contributed by atoms with van der Waals surface area (Å²) in [7, 11) is 0. The third-order valence-corrected chi connectivity index (χ3v) is 3.19. The molecule has 18 heavy (non-hydrogen) atoms. The number of aromatic nitrogens is 1. The molecule has 0 aromatic carbocycles. The van der Waals surface area contributed by atoms with E-state index in [1.54, 1.807) is 0 Å². The van der Waals surface area contributed by atoms with E-state index in [9.17, 15) is 9.18 Å². The van der Waals surface area contributed by atoms with E-state index in [-0.39, 0.29) is 11.5 Å². The molecule has 0 aliphatic rings. The number of carbonyl (C=O) groups excluding carboxylic acids is 1. The van der Waals surface area contributed by atoms with Gasteiger partial charge in [-0.15, -0.1) is 0 Å². The van der Waals surface area contributed by atoms with Gasteiger partial charge in [-0.05, 0) is 24.8 Å². The molecular weight excluding hydrogens is 299 g/mol. The van der Waals surface area contributed by atoms with Gasteiger partial charge in [0.2, 0.25) is 0 Å². The first-order valence-electron chi connectivity index (χ1n) is 6.12. The number of nitrogens with zero attached hydrogens (tertiary/aromatic N) is 1. The molecule has 0 aliphatic heterocycles. The molecule has 0 bridgehead atoms. The highest BCUT2D eigenvalue weighted by Crippen LogP contribution is 2.12. The zero-order valence-electron chi connectivity index (χ0n) is 10.5. The minimum atomic E-state index is -0.492. The highest BCUT2D eigenvalue weighted by Gasteiger charge is 2.11. The fourth-order valence-electron chi connectivity index (χ4n) is 1.79. The fraction of sp³-hybridized carbons (Fsp3) is 0.538. The standard InChI is InChI=1S/C13H18BrFN2O/c1-2-3-10(4-5-14)7-17-13(18)11-6-12(15)9-16-8-11/h6,8-10H,2-5,7H2,1H3,(H,17,18). The number of pyridine rings is 1. The molecule has 5 heteroatoms. The number of hydrogen-bond acceptors (Lipinski definition) is 2. The lowest BCUT2D eigenvalue weighted by Gasteiger charge is -2.15. The Hall–Kier alpha value is -0.970. The normalized spacial score (nSPS) is 12.2. The van der Waals surface area contributed by atoms with Gasteiger partial charge in [0.15, 0.2) is 0 Å². The molecule has 1 amide bonds. The van der Waals surface area contributed by atoms with Crippen LogP contribution in [0.2, 0.25) is 0 Å². The zero-order valence-corrected chi connectivity index (χ0v) is 12.0. The average Bonchev–Trinajstić information content (AvgIpc) is 2.36. The second-order valence-electron chi connectivity index (χ2n) is 4.23. The van der Waals surface area contributed by atoms with E-state index < -0.39 is 5.82 Å². The van der Waals surface area contributed by atoms with Gasteiger partial charge in [-0.25, -0.2) is 4.39 Å². The van der Waals surface area contributed by atoms with Gasteiger partial charge in [0.05, 0.1) is 11.8 Å². The van der Waals surface area contributed by atoms with Crippen molar-refractivity contribution in [3.63, 3.8) is 0 Å². The minimum absolute atomic E-state index is 0.266. The van der Waals surface area contributed by atoms with Crippen molar-refractivity contribution < 1.29 is 9.18 Å². The number of rotatable bonds is 7. The number of nitrogens with one attached hydrogen (secondary N) is 1. The lowest BCUT2D eigenvalue weighted by molar-refractivity contribution is 0.0945. The van der Waals surface area contributed by atoms with Gasteiger partial charge in [0, 0.05) is 18.1 Å². The van der Waals surface area contributed by atoms with E-state index in [4.69, 9.17) is 0 Å². The first-order chi connectivity index (χ1) is 8.67. The Morgan fingerprint density at radius 3 is 2.89 bits per heavy atom. The van der Waals surface area contributed by atoms with Crippen molar-refractivity contribution in [2.75, 3.05) is 11.9 Å². The van der Waals surface area contributed by atoms with Crippen LogP contribution < -0.4 is 5.32 Å². The SMILES string of the molecule is CCCC(CCBr)CNC(=O)c1cncc(F)c1. The summed E-state index contributed by atoms with van der Waals surface area (Å²) < 4.78 is 12.9. The molecule has 0 fully saturated rings. The van der Waals surface area contributed by atoms with Gasteiger partial charge >= 0.3 is 0 Å². The minimum Gasteiger partial charge on any atom is -0.352 e. The highest BCUT2D eigenvalue weighted by atomic mass is 79.9. The van der Waals surface area contributed by atoms with Crippen LogP contribution in [-0.4, -0.2) is 22.8 Å². The largest absolute Gasteiger partial charge is 0.352 e. The Balaban J connectivity index is 2.49. The van der Waals surface area contributed by atoms with Crippen molar-refractivity contribution in [2.24, 2.45) is 5.92 Å². The van der Waals surface area contributed by atoms with Crippen LogP contribution in [0.25, 0.3) is 0 Å². The molecular formula is C13H18BrFN2O. The van der Waals surface area contributed by atoms with Gasteiger partial charge < -0.3 is 5.32 Å². The highest BCUT2D eigenvalue weighted by molar-refractivity contribution is 9.09. The number of hydrogen-bond donors (Lipinski definition) is 1. The van der Waals surface area contributed by atoms with Crippen LogP contribution in [-0.2, 0) is 0 Å². The maximum atomic E-state index is 12.9. The molecule has 1 rings (SSSR count). The van der Waals surface area contributed by atoms with Gasteiger partial charge in [-0.2, -0.15) is 0 Å².